The molecule has 0 heterocycles. The van der Waals surface area contributed by atoms with Crippen molar-refractivity contribution in [1.29, 1.82) is 0 Å². The molecule has 0 unspecified atom stereocenters. The number of benzene rings is 1. The van der Waals surface area contributed by atoms with Crippen LogP contribution >= 0.6 is 12.4 Å². The van der Waals surface area contributed by atoms with E-state index >= 15 is 0 Å². The Morgan fingerprint density at radius 2 is 1.19 bits per heavy atom. The lowest BCUT2D eigenvalue weighted by Crippen LogP contribution is -2.50. The van der Waals surface area contributed by atoms with Crippen LogP contribution in [0.25, 0.3) is 0 Å². The minimum absolute atomic E-state index is 0. The van der Waals surface area contributed by atoms with Crippen molar-refractivity contribution < 1.29 is 30.7 Å². The maximum atomic E-state index is 13.8. The molecule has 0 aliphatic heterocycles. The Kier molecular flexibility index (Phi) is 5.54. The number of nitrogens with one attached hydrogen (secondary N) is 1. The molecule has 0 aromatic heterocycles. The Morgan fingerprint density at radius 3 is 1.43 bits per heavy atom. The molecule has 0 saturated heterocycles. The molecule has 1 rings (SSSR count). The number of hydrazine groups is 1. The largest absolute Gasteiger partial charge is 0.435 e. The van der Waals surface area contributed by atoms with Crippen molar-refractivity contribution in [3.63, 3.8) is 0 Å². The van der Waals surface area contributed by atoms with E-state index in [2.05, 4.69) is 5.43 Å². The van der Waals surface area contributed by atoms with Crippen LogP contribution < -0.4 is 11.3 Å². The lowest BCUT2D eigenvalue weighted by molar-refractivity contribution is -0.348. The van der Waals surface area contributed by atoms with E-state index in [9.17, 15) is 30.7 Å². The summed E-state index contributed by atoms with van der Waals surface area (Å²) in [5.41, 5.74) is -4.73. The fourth-order valence-corrected chi connectivity index (χ4v) is 1.88. The summed E-state index contributed by atoms with van der Waals surface area (Å²) in [6.07, 6.45) is -12.2. The van der Waals surface area contributed by atoms with Gasteiger partial charge in [0.15, 0.2) is 0 Å². The highest BCUT2D eigenvalue weighted by molar-refractivity contribution is 5.85. The highest BCUT2D eigenvalue weighted by Gasteiger charge is 2.73. The molecule has 21 heavy (non-hydrogen) atoms. The highest BCUT2D eigenvalue weighted by atomic mass is 35.5. The van der Waals surface area contributed by atoms with Crippen LogP contribution in [0.2, 0.25) is 0 Å². The van der Waals surface area contributed by atoms with Crippen molar-refractivity contribution in [2.24, 2.45) is 5.84 Å². The molecule has 0 amide bonds. The van der Waals surface area contributed by atoms with Crippen molar-refractivity contribution in [3.8, 4) is 0 Å². The van der Waals surface area contributed by atoms with E-state index in [1.165, 1.54) is 13.8 Å². The summed E-state index contributed by atoms with van der Waals surface area (Å²) in [5.74, 6) is 5.09. The fraction of sp³-hybridized carbons (Fsp3) is 0.455. The van der Waals surface area contributed by atoms with Gasteiger partial charge in [0.05, 0.1) is 5.69 Å². The first kappa shape index (κ1) is 19.8. The van der Waals surface area contributed by atoms with Gasteiger partial charge in [0.2, 0.25) is 0 Å². The predicted octanol–water partition coefficient (Wildman–Crippen LogP) is 4.30. The summed E-state index contributed by atoms with van der Waals surface area (Å²) in [6.45, 7) is 2.44. The predicted molar refractivity (Wildman–Crippen MR) is 65.9 cm³/mol. The Labute approximate surface area is 121 Å². The van der Waals surface area contributed by atoms with Gasteiger partial charge in [0.1, 0.15) is 0 Å². The number of anilines is 1. The summed E-state index contributed by atoms with van der Waals surface area (Å²) in [5, 5.41) is 0. The first-order valence-corrected chi connectivity index (χ1v) is 5.27. The smallest absolute Gasteiger partial charge is 0.324 e. The van der Waals surface area contributed by atoms with Gasteiger partial charge in [0.25, 0.3) is 0 Å². The zero-order chi connectivity index (χ0) is 15.9. The maximum absolute atomic E-state index is 13.8. The maximum Gasteiger partial charge on any atom is 0.435 e. The minimum Gasteiger partial charge on any atom is -0.324 e. The van der Waals surface area contributed by atoms with Crippen LogP contribution in [0.3, 0.4) is 0 Å². The standard InChI is InChI=1S/C11H11F7N2.ClH/c1-5-3-7(4-6(2)8(5)20-19)9(12,10(13,14)15)11(16,17)18;/h3-4,20H,19H2,1-2H3;1H. The fourth-order valence-electron chi connectivity index (χ4n) is 1.88. The number of rotatable bonds is 2. The van der Waals surface area contributed by atoms with Gasteiger partial charge < -0.3 is 5.43 Å². The zero-order valence-corrected chi connectivity index (χ0v) is 11.6. The molecular weight excluding hydrogens is 329 g/mol. The van der Waals surface area contributed by atoms with E-state index in [0.717, 1.165) is 0 Å². The lowest BCUT2D eigenvalue weighted by atomic mass is 9.90. The summed E-state index contributed by atoms with van der Waals surface area (Å²) < 4.78 is 89.4. The molecule has 0 radical (unpaired) electrons. The van der Waals surface area contributed by atoms with E-state index in [0.29, 0.717) is 12.1 Å². The van der Waals surface area contributed by atoms with Gasteiger partial charge in [-0.1, -0.05) is 12.1 Å². The van der Waals surface area contributed by atoms with Crippen LogP contribution in [0.15, 0.2) is 12.1 Å². The van der Waals surface area contributed by atoms with Crippen molar-refractivity contribution in [3.05, 3.63) is 28.8 Å². The van der Waals surface area contributed by atoms with Crippen LogP contribution in [-0.4, -0.2) is 12.4 Å². The third kappa shape index (κ3) is 3.18. The molecule has 0 aliphatic rings. The first-order valence-electron chi connectivity index (χ1n) is 5.27. The topological polar surface area (TPSA) is 38.0 Å². The van der Waals surface area contributed by atoms with E-state index in [1.807, 2.05) is 0 Å². The second kappa shape index (κ2) is 5.88. The van der Waals surface area contributed by atoms with Gasteiger partial charge in [0, 0.05) is 5.56 Å². The third-order valence-electron chi connectivity index (χ3n) is 2.86. The molecule has 0 saturated carbocycles. The first-order chi connectivity index (χ1) is 8.86. The molecule has 122 valence electrons. The molecule has 0 fully saturated rings. The third-order valence-corrected chi connectivity index (χ3v) is 2.86. The van der Waals surface area contributed by atoms with Crippen LogP contribution in [0.1, 0.15) is 16.7 Å². The number of aryl methyl sites for hydroxylation is 2. The molecule has 0 spiro atoms. The van der Waals surface area contributed by atoms with E-state index < -0.39 is 23.6 Å². The normalized spacial score (nSPS) is 12.9. The zero-order valence-electron chi connectivity index (χ0n) is 10.8. The second-order valence-corrected chi connectivity index (χ2v) is 4.28. The summed E-state index contributed by atoms with van der Waals surface area (Å²) >= 11 is 0. The number of halogens is 8. The Hall–Kier alpha value is -1.22. The van der Waals surface area contributed by atoms with Crippen molar-refractivity contribution >= 4 is 18.1 Å². The summed E-state index contributed by atoms with van der Waals surface area (Å²) in [7, 11) is 0. The van der Waals surface area contributed by atoms with E-state index in [1.54, 1.807) is 0 Å². The average Bonchev–Trinajstić information content (AvgIpc) is 2.24. The number of hydrogen-bond acceptors (Lipinski definition) is 2. The number of nitrogen functional groups attached to an aromatic ring is 1. The van der Waals surface area contributed by atoms with Gasteiger partial charge in [-0.3, -0.25) is 5.84 Å². The average molecular weight is 341 g/mol. The molecule has 0 bridgehead atoms. The van der Waals surface area contributed by atoms with Crippen LogP contribution in [-0.2, 0) is 5.67 Å². The van der Waals surface area contributed by atoms with Gasteiger partial charge >= 0.3 is 18.0 Å². The number of alkyl halides is 7. The van der Waals surface area contributed by atoms with Gasteiger partial charge in [-0.2, -0.15) is 26.3 Å². The molecule has 3 N–H and O–H groups in total. The summed E-state index contributed by atoms with van der Waals surface area (Å²) in [4.78, 5) is 0. The molecule has 10 heteroatoms. The second-order valence-electron chi connectivity index (χ2n) is 4.28. The Balaban J connectivity index is 0.00000400. The van der Waals surface area contributed by atoms with E-state index in [4.69, 9.17) is 5.84 Å². The lowest BCUT2D eigenvalue weighted by Gasteiger charge is -2.31. The Bertz CT molecular complexity index is 473. The molecular formula is C11H12ClF7N2. The van der Waals surface area contributed by atoms with Gasteiger partial charge in [-0.15, -0.1) is 12.4 Å². The molecule has 2 nitrogen and oxygen atoms in total. The van der Waals surface area contributed by atoms with E-state index in [-0.39, 0.29) is 29.2 Å². The van der Waals surface area contributed by atoms with Crippen LogP contribution in [0, 0.1) is 13.8 Å². The minimum atomic E-state index is -6.12. The summed E-state index contributed by atoms with van der Waals surface area (Å²) in [6, 6.07) is 0.951. The molecule has 0 aliphatic carbocycles. The number of nitrogens with two attached hydrogens (primary N) is 1. The highest BCUT2D eigenvalue weighted by Crippen LogP contribution is 2.53. The van der Waals surface area contributed by atoms with Crippen LogP contribution in [0.4, 0.5) is 36.4 Å². The SMILES string of the molecule is Cc1cc(C(F)(C(F)(F)F)C(F)(F)F)cc(C)c1NN.Cl. The van der Waals surface area contributed by atoms with Crippen molar-refractivity contribution in [2.45, 2.75) is 31.9 Å². The number of hydrogen-bond donors (Lipinski definition) is 2. The van der Waals surface area contributed by atoms with Crippen LogP contribution in [0.5, 0.6) is 0 Å². The molecule has 0 atom stereocenters. The molecule has 1 aromatic carbocycles. The van der Waals surface area contributed by atoms with Crippen molar-refractivity contribution in [1.82, 2.24) is 0 Å². The monoisotopic (exact) mass is 340 g/mol. The quantitative estimate of drug-likeness (QED) is 0.478. The van der Waals surface area contributed by atoms with Crippen molar-refractivity contribution in [2.75, 3.05) is 5.43 Å². The molecule has 1 aromatic rings. The Morgan fingerprint density at radius 1 is 0.857 bits per heavy atom. The van der Waals surface area contributed by atoms with Gasteiger partial charge in [-0.25, -0.2) is 4.39 Å². The van der Waals surface area contributed by atoms with Gasteiger partial charge in [-0.05, 0) is 25.0 Å².